The van der Waals surface area contributed by atoms with Crippen LogP contribution in [0.1, 0.15) is 22.8 Å². The minimum Gasteiger partial charge on any atom is -0.494 e. The van der Waals surface area contributed by atoms with Crippen molar-refractivity contribution >= 4 is 57.7 Å². The van der Waals surface area contributed by atoms with E-state index in [9.17, 15) is 14.4 Å². The van der Waals surface area contributed by atoms with Crippen LogP contribution in [-0.4, -0.2) is 35.1 Å². The zero-order valence-corrected chi connectivity index (χ0v) is 22.7. The summed E-state index contributed by atoms with van der Waals surface area (Å²) in [6.45, 7) is 2.45. The molecular weight excluding hydrogens is 532 g/mol. The molecule has 10 heteroatoms. The van der Waals surface area contributed by atoms with Crippen LogP contribution in [0.4, 0.5) is 10.8 Å². The second-order valence-corrected chi connectivity index (χ2v) is 9.98. The van der Waals surface area contributed by atoms with E-state index in [1.165, 1.54) is 23.1 Å². The van der Waals surface area contributed by atoms with Gasteiger partial charge < -0.3 is 20.7 Å². The Morgan fingerprint density at radius 3 is 2.49 bits per heavy atom. The quantitative estimate of drug-likeness (QED) is 0.161. The van der Waals surface area contributed by atoms with Crippen molar-refractivity contribution in [1.29, 1.82) is 0 Å². The molecule has 0 saturated carbocycles. The number of carbonyl (C=O) groups excluding carboxylic acids is 3. The van der Waals surface area contributed by atoms with Gasteiger partial charge >= 0.3 is 0 Å². The van der Waals surface area contributed by atoms with E-state index in [4.69, 9.17) is 4.74 Å². The van der Waals surface area contributed by atoms with Crippen LogP contribution in [0.2, 0.25) is 0 Å². The van der Waals surface area contributed by atoms with Crippen LogP contribution in [0.5, 0.6) is 5.75 Å². The van der Waals surface area contributed by atoms with Gasteiger partial charge in [-0.25, -0.2) is 4.98 Å². The van der Waals surface area contributed by atoms with Crippen molar-refractivity contribution < 1.29 is 19.1 Å². The lowest BCUT2D eigenvalue weighted by Gasteiger charge is -2.12. The summed E-state index contributed by atoms with van der Waals surface area (Å²) in [6.07, 6.45) is 3.23. The summed E-state index contributed by atoms with van der Waals surface area (Å²) in [5.41, 5.74) is 1.75. The van der Waals surface area contributed by atoms with Crippen molar-refractivity contribution in [2.45, 2.75) is 11.8 Å². The van der Waals surface area contributed by atoms with Crippen LogP contribution in [0.25, 0.3) is 6.08 Å². The van der Waals surface area contributed by atoms with E-state index in [-0.39, 0.29) is 17.4 Å². The molecule has 0 radical (unpaired) electrons. The number of anilines is 2. The highest BCUT2D eigenvalue weighted by Gasteiger charge is 2.15. The summed E-state index contributed by atoms with van der Waals surface area (Å²) in [5.74, 6) is -0.167. The maximum Gasteiger partial charge on any atom is 0.272 e. The molecule has 39 heavy (non-hydrogen) atoms. The van der Waals surface area contributed by atoms with Gasteiger partial charge in [0.05, 0.1) is 12.4 Å². The molecule has 8 nitrogen and oxygen atoms in total. The third-order valence-electron chi connectivity index (χ3n) is 5.17. The molecule has 0 aliphatic carbocycles. The summed E-state index contributed by atoms with van der Waals surface area (Å²) >= 11 is 2.68. The van der Waals surface area contributed by atoms with E-state index in [2.05, 4.69) is 20.9 Å². The van der Waals surface area contributed by atoms with Crippen molar-refractivity contribution in [1.82, 2.24) is 10.3 Å². The van der Waals surface area contributed by atoms with Crippen molar-refractivity contribution in [2.75, 3.05) is 23.0 Å². The van der Waals surface area contributed by atoms with Gasteiger partial charge in [-0.05, 0) is 61.0 Å². The first-order valence-electron chi connectivity index (χ1n) is 12.0. The van der Waals surface area contributed by atoms with Crippen LogP contribution in [0.15, 0.2) is 101 Å². The van der Waals surface area contributed by atoms with Crippen LogP contribution >= 0.6 is 23.1 Å². The lowest BCUT2D eigenvalue weighted by molar-refractivity contribution is -0.114. The van der Waals surface area contributed by atoms with Crippen molar-refractivity contribution in [3.63, 3.8) is 0 Å². The van der Waals surface area contributed by atoms with Gasteiger partial charge in [0.1, 0.15) is 11.4 Å². The predicted octanol–water partition coefficient (Wildman–Crippen LogP) is 5.68. The molecule has 0 atom stereocenters. The molecule has 0 aliphatic heterocycles. The summed E-state index contributed by atoms with van der Waals surface area (Å²) < 4.78 is 5.49. The molecule has 4 aromatic rings. The molecule has 0 saturated heterocycles. The largest absolute Gasteiger partial charge is 0.494 e. The van der Waals surface area contributed by atoms with E-state index >= 15 is 0 Å². The first-order chi connectivity index (χ1) is 19.0. The first kappa shape index (κ1) is 27.6. The normalized spacial score (nSPS) is 10.9. The molecule has 0 aliphatic rings. The van der Waals surface area contributed by atoms with Crippen molar-refractivity contribution in [3.05, 3.63) is 107 Å². The van der Waals surface area contributed by atoms with Crippen LogP contribution in [0, 0.1) is 0 Å². The summed E-state index contributed by atoms with van der Waals surface area (Å²) in [4.78, 5) is 43.2. The molecule has 0 unspecified atom stereocenters. The number of amides is 3. The standard InChI is InChI=1S/C29H26N4O4S2/c1-2-37-23-13-11-20(12-14-23)17-25(32-27(35)21-7-4-3-5-8-21)28(36)31-22-9-6-10-24(18-22)39-19-26(34)33-29-30-15-16-38-29/h3-18H,2,19H2,1H3,(H,31,36)(H,32,35)(H,30,33,34)/b25-17+. The fourth-order valence-electron chi connectivity index (χ4n) is 3.39. The molecule has 3 aromatic carbocycles. The van der Waals surface area contributed by atoms with Crippen LogP contribution in [0.3, 0.4) is 0 Å². The Labute approximate surface area is 234 Å². The third-order valence-corrected chi connectivity index (χ3v) is 6.85. The van der Waals surface area contributed by atoms with Crippen LogP contribution < -0.4 is 20.7 Å². The summed E-state index contributed by atoms with van der Waals surface area (Å²) in [6, 6.07) is 23.0. The Hall–Kier alpha value is -4.41. The molecule has 3 amide bonds. The number of thioether (sulfide) groups is 1. The number of hydrogen-bond donors (Lipinski definition) is 3. The smallest absolute Gasteiger partial charge is 0.272 e. The summed E-state index contributed by atoms with van der Waals surface area (Å²) in [5, 5.41) is 10.7. The van der Waals surface area contributed by atoms with Gasteiger partial charge in [-0.2, -0.15) is 0 Å². The number of nitrogens with zero attached hydrogens (tertiary/aromatic N) is 1. The average Bonchev–Trinajstić information content (AvgIpc) is 3.46. The number of ether oxygens (including phenoxy) is 1. The Bertz CT molecular complexity index is 1440. The molecular formula is C29H26N4O4S2. The first-order valence-corrected chi connectivity index (χ1v) is 13.9. The minimum absolute atomic E-state index is 0.0777. The molecule has 3 N–H and O–H groups in total. The minimum atomic E-state index is -0.489. The Morgan fingerprint density at radius 1 is 0.974 bits per heavy atom. The van der Waals surface area contributed by atoms with Gasteiger partial charge in [-0.3, -0.25) is 14.4 Å². The monoisotopic (exact) mass is 558 g/mol. The summed E-state index contributed by atoms with van der Waals surface area (Å²) in [7, 11) is 0. The molecule has 0 fully saturated rings. The van der Waals surface area contributed by atoms with Gasteiger partial charge in [0.2, 0.25) is 5.91 Å². The molecule has 1 heterocycles. The molecule has 0 bridgehead atoms. The Kier molecular flexibility index (Phi) is 9.87. The second-order valence-electron chi connectivity index (χ2n) is 8.04. The number of aromatic nitrogens is 1. The zero-order chi connectivity index (χ0) is 27.5. The predicted molar refractivity (Wildman–Crippen MR) is 156 cm³/mol. The number of benzene rings is 3. The van der Waals surface area contributed by atoms with E-state index in [0.29, 0.717) is 34.3 Å². The van der Waals surface area contributed by atoms with Gasteiger partial charge in [-0.15, -0.1) is 23.1 Å². The van der Waals surface area contributed by atoms with E-state index in [0.717, 1.165) is 4.90 Å². The zero-order valence-electron chi connectivity index (χ0n) is 21.0. The van der Waals surface area contributed by atoms with Crippen molar-refractivity contribution in [2.24, 2.45) is 0 Å². The second kappa shape index (κ2) is 13.9. The van der Waals surface area contributed by atoms with Gasteiger partial charge in [0.15, 0.2) is 5.13 Å². The fourth-order valence-corrected chi connectivity index (χ4v) is 4.69. The maximum absolute atomic E-state index is 13.3. The van der Waals surface area contributed by atoms with Gasteiger partial charge in [0.25, 0.3) is 11.8 Å². The third kappa shape index (κ3) is 8.56. The lowest BCUT2D eigenvalue weighted by Crippen LogP contribution is -2.30. The Balaban J connectivity index is 1.47. The highest BCUT2D eigenvalue weighted by molar-refractivity contribution is 8.00. The van der Waals surface area contributed by atoms with Gasteiger partial charge in [0, 0.05) is 27.7 Å². The average molecular weight is 559 g/mol. The Morgan fingerprint density at radius 2 is 1.77 bits per heavy atom. The highest BCUT2D eigenvalue weighted by atomic mass is 32.2. The molecule has 4 rings (SSSR count). The van der Waals surface area contributed by atoms with E-state index in [1.54, 1.807) is 84.4 Å². The number of carbonyl (C=O) groups is 3. The molecule has 1 aromatic heterocycles. The molecule has 0 spiro atoms. The van der Waals surface area contributed by atoms with E-state index < -0.39 is 11.8 Å². The topological polar surface area (TPSA) is 109 Å². The number of rotatable bonds is 11. The maximum atomic E-state index is 13.3. The fraction of sp³-hybridized carbons (Fsp3) is 0.103. The number of nitrogens with one attached hydrogen (secondary N) is 3. The molecule has 198 valence electrons. The SMILES string of the molecule is CCOc1ccc(/C=C(/NC(=O)c2ccccc2)C(=O)Nc2cccc(SCC(=O)Nc3nccs3)c2)cc1. The highest BCUT2D eigenvalue weighted by Crippen LogP contribution is 2.23. The van der Waals surface area contributed by atoms with Gasteiger partial charge in [-0.1, -0.05) is 36.4 Å². The van der Waals surface area contributed by atoms with E-state index in [1.807, 2.05) is 19.1 Å². The number of thiazole rings is 1. The lowest BCUT2D eigenvalue weighted by atomic mass is 10.1. The van der Waals surface area contributed by atoms with Crippen molar-refractivity contribution in [3.8, 4) is 5.75 Å². The van der Waals surface area contributed by atoms with Crippen LogP contribution in [-0.2, 0) is 9.59 Å². The number of hydrogen-bond acceptors (Lipinski definition) is 7.